The number of nitrogens with zero attached hydrogens (tertiary/aromatic N) is 4. The van der Waals surface area contributed by atoms with Gasteiger partial charge in [-0.1, -0.05) is 18.2 Å². The van der Waals surface area contributed by atoms with Crippen LogP contribution in [0.5, 0.6) is 0 Å². The zero-order valence-electron chi connectivity index (χ0n) is 10.8. The molecule has 1 unspecified atom stereocenters. The molecular formula is C14H17N5. The van der Waals surface area contributed by atoms with Crippen molar-refractivity contribution in [2.75, 3.05) is 18.4 Å². The van der Waals surface area contributed by atoms with E-state index in [0.717, 1.165) is 38.4 Å². The molecule has 1 N–H and O–H groups in total. The molecule has 0 aliphatic carbocycles. The van der Waals surface area contributed by atoms with E-state index in [1.54, 1.807) is 0 Å². The minimum atomic E-state index is 0.556. The van der Waals surface area contributed by atoms with Crippen molar-refractivity contribution in [3.63, 3.8) is 0 Å². The van der Waals surface area contributed by atoms with Gasteiger partial charge in [-0.2, -0.15) is 0 Å². The van der Waals surface area contributed by atoms with Gasteiger partial charge in [0.05, 0.1) is 6.54 Å². The molecule has 5 heteroatoms. The normalized spacial score (nSPS) is 22.4. The third kappa shape index (κ3) is 1.90. The molecule has 0 saturated heterocycles. The smallest absolute Gasteiger partial charge is 0.147 e. The molecule has 2 aliphatic rings. The van der Waals surface area contributed by atoms with Gasteiger partial charge in [-0.05, 0) is 18.1 Å². The lowest BCUT2D eigenvalue weighted by Gasteiger charge is -2.37. The van der Waals surface area contributed by atoms with Crippen LogP contribution in [0.4, 0.5) is 5.69 Å². The van der Waals surface area contributed by atoms with Crippen LogP contribution in [0.2, 0.25) is 0 Å². The quantitative estimate of drug-likeness (QED) is 0.830. The maximum atomic E-state index is 4.20. The van der Waals surface area contributed by atoms with E-state index in [0.29, 0.717) is 6.04 Å². The third-order valence-electron chi connectivity index (χ3n) is 4.19. The van der Waals surface area contributed by atoms with Crippen LogP contribution < -0.4 is 5.32 Å². The Morgan fingerprint density at radius 3 is 3.16 bits per heavy atom. The van der Waals surface area contributed by atoms with Crippen molar-refractivity contribution in [2.45, 2.75) is 25.6 Å². The molecule has 0 fully saturated rings. The van der Waals surface area contributed by atoms with E-state index in [9.17, 15) is 0 Å². The second kappa shape index (κ2) is 4.35. The Morgan fingerprint density at radius 2 is 2.16 bits per heavy atom. The highest BCUT2D eigenvalue weighted by atomic mass is 15.3. The predicted molar refractivity (Wildman–Crippen MR) is 72.9 cm³/mol. The SMILES string of the molecule is c1ccc2c(c1)CC(N1CCn3cnnc3C1)CN2. The summed E-state index contributed by atoms with van der Waals surface area (Å²) in [5.41, 5.74) is 2.71. The highest BCUT2D eigenvalue weighted by Crippen LogP contribution is 2.25. The second-order valence-electron chi connectivity index (χ2n) is 5.31. The average molecular weight is 255 g/mol. The first kappa shape index (κ1) is 11.0. The van der Waals surface area contributed by atoms with Gasteiger partial charge in [-0.3, -0.25) is 4.90 Å². The molecule has 2 aromatic rings. The minimum absolute atomic E-state index is 0.556. The fourth-order valence-electron chi connectivity index (χ4n) is 3.08. The zero-order valence-corrected chi connectivity index (χ0v) is 10.8. The van der Waals surface area contributed by atoms with Crippen molar-refractivity contribution in [2.24, 2.45) is 0 Å². The van der Waals surface area contributed by atoms with Crippen LogP contribution >= 0.6 is 0 Å². The number of hydrogen-bond acceptors (Lipinski definition) is 4. The summed E-state index contributed by atoms with van der Waals surface area (Å²) in [5, 5.41) is 11.7. The van der Waals surface area contributed by atoms with Gasteiger partial charge in [0.25, 0.3) is 0 Å². The predicted octanol–water partition coefficient (Wildman–Crippen LogP) is 1.13. The topological polar surface area (TPSA) is 46.0 Å². The molecule has 4 rings (SSSR count). The molecule has 0 bridgehead atoms. The van der Waals surface area contributed by atoms with Crippen molar-refractivity contribution in [3.8, 4) is 0 Å². The standard InChI is InChI=1S/C14H17N5/c1-2-4-13-11(3-1)7-12(8-15-13)18-5-6-19-10-16-17-14(19)9-18/h1-4,10,12,15H,5-9H2. The molecule has 2 aliphatic heterocycles. The lowest BCUT2D eigenvalue weighted by Crippen LogP contribution is -2.47. The molecule has 0 radical (unpaired) electrons. The fraction of sp³-hybridized carbons (Fsp3) is 0.429. The van der Waals surface area contributed by atoms with Crippen LogP contribution in [0.15, 0.2) is 30.6 Å². The van der Waals surface area contributed by atoms with E-state index in [1.807, 2.05) is 6.33 Å². The Morgan fingerprint density at radius 1 is 1.21 bits per heavy atom. The maximum absolute atomic E-state index is 4.20. The zero-order chi connectivity index (χ0) is 12.7. The molecular weight excluding hydrogens is 238 g/mol. The van der Waals surface area contributed by atoms with Gasteiger partial charge in [0.2, 0.25) is 0 Å². The first-order valence-corrected chi connectivity index (χ1v) is 6.83. The summed E-state index contributed by atoms with van der Waals surface area (Å²) in [7, 11) is 0. The highest BCUT2D eigenvalue weighted by molar-refractivity contribution is 5.53. The lowest BCUT2D eigenvalue weighted by atomic mass is 9.98. The van der Waals surface area contributed by atoms with Crippen molar-refractivity contribution >= 4 is 5.69 Å². The van der Waals surface area contributed by atoms with Crippen molar-refractivity contribution < 1.29 is 0 Å². The second-order valence-corrected chi connectivity index (χ2v) is 5.31. The van der Waals surface area contributed by atoms with Crippen LogP contribution in [-0.4, -0.2) is 38.8 Å². The summed E-state index contributed by atoms with van der Waals surface area (Å²) in [6.45, 7) is 4.01. The number of nitrogens with one attached hydrogen (secondary N) is 1. The van der Waals surface area contributed by atoms with Crippen LogP contribution in [0.1, 0.15) is 11.4 Å². The molecule has 98 valence electrons. The van der Waals surface area contributed by atoms with E-state index in [-0.39, 0.29) is 0 Å². The van der Waals surface area contributed by atoms with Gasteiger partial charge in [-0.15, -0.1) is 10.2 Å². The summed E-state index contributed by atoms with van der Waals surface area (Å²) in [6.07, 6.45) is 2.96. The molecule has 5 nitrogen and oxygen atoms in total. The summed E-state index contributed by atoms with van der Waals surface area (Å²) in [4.78, 5) is 2.52. The van der Waals surface area contributed by atoms with Gasteiger partial charge in [0.1, 0.15) is 12.2 Å². The summed E-state index contributed by atoms with van der Waals surface area (Å²) in [6, 6.07) is 9.16. The first-order valence-electron chi connectivity index (χ1n) is 6.83. The van der Waals surface area contributed by atoms with Gasteiger partial charge < -0.3 is 9.88 Å². The lowest BCUT2D eigenvalue weighted by molar-refractivity contribution is 0.155. The number of hydrogen-bond donors (Lipinski definition) is 1. The van der Waals surface area contributed by atoms with E-state index < -0.39 is 0 Å². The largest absolute Gasteiger partial charge is 0.383 e. The summed E-state index contributed by atoms with van der Waals surface area (Å²) < 4.78 is 2.15. The Balaban J connectivity index is 1.53. The van der Waals surface area contributed by atoms with Crippen molar-refractivity contribution in [1.82, 2.24) is 19.7 Å². The average Bonchev–Trinajstić information content (AvgIpc) is 2.94. The van der Waals surface area contributed by atoms with Crippen LogP contribution in [-0.2, 0) is 19.5 Å². The minimum Gasteiger partial charge on any atom is -0.383 e. The number of benzene rings is 1. The van der Waals surface area contributed by atoms with Crippen LogP contribution in [0.3, 0.4) is 0 Å². The molecule has 0 amide bonds. The van der Waals surface area contributed by atoms with Crippen molar-refractivity contribution in [3.05, 3.63) is 42.0 Å². The van der Waals surface area contributed by atoms with Crippen LogP contribution in [0, 0.1) is 0 Å². The summed E-state index contributed by atoms with van der Waals surface area (Å²) >= 11 is 0. The molecule has 19 heavy (non-hydrogen) atoms. The fourth-order valence-corrected chi connectivity index (χ4v) is 3.08. The maximum Gasteiger partial charge on any atom is 0.147 e. The number of aromatic nitrogens is 3. The number of fused-ring (bicyclic) bond motifs is 2. The van der Waals surface area contributed by atoms with Crippen molar-refractivity contribution in [1.29, 1.82) is 0 Å². The number of para-hydroxylation sites is 1. The van der Waals surface area contributed by atoms with E-state index in [2.05, 4.69) is 49.2 Å². The Labute approximate surface area is 112 Å². The molecule has 0 spiro atoms. The number of anilines is 1. The van der Waals surface area contributed by atoms with Crippen LogP contribution in [0.25, 0.3) is 0 Å². The molecule has 3 heterocycles. The van der Waals surface area contributed by atoms with E-state index in [4.69, 9.17) is 0 Å². The number of rotatable bonds is 1. The Hall–Kier alpha value is -1.88. The van der Waals surface area contributed by atoms with Gasteiger partial charge in [-0.25, -0.2) is 0 Å². The Bertz CT molecular complexity index is 591. The third-order valence-corrected chi connectivity index (χ3v) is 4.19. The van der Waals surface area contributed by atoms with E-state index >= 15 is 0 Å². The van der Waals surface area contributed by atoms with Gasteiger partial charge in [0.15, 0.2) is 0 Å². The molecule has 1 aromatic heterocycles. The highest BCUT2D eigenvalue weighted by Gasteiger charge is 2.27. The summed E-state index contributed by atoms with van der Waals surface area (Å²) in [5.74, 6) is 1.09. The van der Waals surface area contributed by atoms with Gasteiger partial charge in [0, 0.05) is 31.4 Å². The molecule has 1 atom stereocenters. The molecule has 1 aromatic carbocycles. The first-order chi connectivity index (χ1) is 9.40. The van der Waals surface area contributed by atoms with Gasteiger partial charge >= 0.3 is 0 Å². The molecule has 0 saturated carbocycles. The Kier molecular flexibility index (Phi) is 2.51. The van der Waals surface area contributed by atoms with E-state index in [1.165, 1.54) is 11.3 Å². The monoisotopic (exact) mass is 255 g/mol.